The maximum atomic E-state index is 13.9. The summed E-state index contributed by atoms with van der Waals surface area (Å²) in [6, 6.07) is 24.0. The van der Waals surface area contributed by atoms with Crippen molar-refractivity contribution in [3.63, 3.8) is 0 Å². The molecule has 204 valence electrons. The van der Waals surface area contributed by atoms with Gasteiger partial charge in [0, 0.05) is 57.0 Å². The maximum absolute atomic E-state index is 13.9. The molecule has 0 radical (unpaired) electrons. The number of hydrogen-bond donors (Lipinski definition) is 0. The fraction of sp³-hybridized carbons (Fsp3) is 0.406. The van der Waals surface area contributed by atoms with Crippen molar-refractivity contribution in [3.8, 4) is 0 Å². The number of para-hydroxylation sites is 1. The van der Waals surface area contributed by atoms with Gasteiger partial charge in [-0.05, 0) is 55.7 Å². The van der Waals surface area contributed by atoms with Gasteiger partial charge in [0.1, 0.15) is 0 Å². The molecule has 3 atom stereocenters. The number of nitrogens with zero attached hydrogens (tertiary/aromatic N) is 4. The summed E-state index contributed by atoms with van der Waals surface area (Å²) in [4.78, 5) is 23.3. The van der Waals surface area contributed by atoms with Crippen molar-refractivity contribution >= 4 is 34.8 Å². The van der Waals surface area contributed by atoms with Gasteiger partial charge in [-0.1, -0.05) is 76.8 Å². The molecule has 0 N–H and O–H groups in total. The number of aryl methyl sites for hydroxylation is 2. The predicted molar refractivity (Wildman–Crippen MR) is 160 cm³/mol. The Hall–Kier alpha value is -2.57. The van der Waals surface area contributed by atoms with E-state index >= 15 is 0 Å². The van der Waals surface area contributed by atoms with Gasteiger partial charge in [-0.2, -0.15) is 0 Å². The number of carbonyl (C=O) groups excluding carboxylic acids is 1. The van der Waals surface area contributed by atoms with E-state index in [0.29, 0.717) is 35.2 Å². The van der Waals surface area contributed by atoms with E-state index < -0.39 is 0 Å². The molecule has 5 nitrogen and oxygen atoms in total. The summed E-state index contributed by atoms with van der Waals surface area (Å²) >= 11 is 12.7. The zero-order valence-electron chi connectivity index (χ0n) is 22.7. The van der Waals surface area contributed by atoms with Crippen LogP contribution in [0.4, 0.5) is 5.69 Å². The fourth-order valence-corrected chi connectivity index (χ4v) is 7.15. The summed E-state index contributed by atoms with van der Waals surface area (Å²) in [5.74, 6) is 0.205. The normalized spacial score (nSPS) is 23.5. The Morgan fingerprint density at radius 1 is 0.846 bits per heavy atom. The minimum Gasteiger partial charge on any atom is -0.366 e. The molecule has 6 rings (SSSR count). The van der Waals surface area contributed by atoms with Crippen LogP contribution in [0.25, 0.3) is 0 Å². The summed E-state index contributed by atoms with van der Waals surface area (Å²) in [5, 5.41) is 1.07. The molecule has 2 bridgehead atoms. The molecule has 3 aromatic carbocycles. The highest BCUT2D eigenvalue weighted by Gasteiger charge is 2.44. The molecule has 0 spiro atoms. The Bertz CT molecular complexity index is 1330. The monoisotopic (exact) mass is 562 g/mol. The van der Waals surface area contributed by atoms with Crippen LogP contribution >= 0.6 is 23.2 Å². The molecule has 3 aromatic rings. The molecule has 0 aromatic heterocycles. The first kappa shape index (κ1) is 26.6. The molecule has 3 fully saturated rings. The van der Waals surface area contributed by atoms with Crippen molar-refractivity contribution in [3.05, 3.63) is 99.0 Å². The van der Waals surface area contributed by atoms with Gasteiger partial charge in [-0.15, -0.1) is 0 Å². The Balaban J connectivity index is 1.16. The lowest BCUT2D eigenvalue weighted by Crippen LogP contribution is -2.54. The molecule has 3 unspecified atom stereocenters. The van der Waals surface area contributed by atoms with Gasteiger partial charge in [0.2, 0.25) is 5.91 Å². The third-order valence-electron chi connectivity index (χ3n) is 8.58. The topological polar surface area (TPSA) is 30.0 Å². The quantitative estimate of drug-likeness (QED) is 0.371. The third-order valence-corrected chi connectivity index (χ3v) is 9.32. The zero-order chi connectivity index (χ0) is 27.1. The minimum atomic E-state index is -0.0625. The van der Waals surface area contributed by atoms with Crippen LogP contribution in [0, 0.1) is 13.8 Å². The van der Waals surface area contributed by atoms with Gasteiger partial charge < -0.3 is 9.80 Å². The molecular formula is C32H36Cl2N4O. The number of carbonyl (C=O) groups is 1. The number of piperazine rings is 2. The van der Waals surface area contributed by atoms with Gasteiger partial charge in [0.05, 0.1) is 22.6 Å². The van der Waals surface area contributed by atoms with Gasteiger partial charge >= 0.3 is 0 Å². The van der Waals surface area contributed by atoms with E-state index in [0.717, 1.165) is 44.7 Å². The van der Waals surface area contributed by atoms with E-state index in [1.807, 2.05) is 18.2 Å². The number of halogens is 2. The van der Waals surface area contributed by atoms with E-state index in [1.54, 1.807) is 0 Å². The zero-order valence-corrected chi connectivity index (χ0v) is 24.2. The van der Waals surface area contributed by atoms with Crippen LogP contribution < -0.4 is 4.90 Å². The highest BCUT2D eigenvalue weighted by Crippen LogP contribution is 2.36. The van der Waals surface area contributed by atoms with Crippen LogP contribution in [0.5, 0.6) is 0 Å². The van der Waals surface area contributed by atoms with Gasteiger partial charge in [0.15, 0.2) is 0 Å². The second-order valence-electron chi connectivity index (χ2n) is 11.5. The Labute approximate surface area is 241 Å². The summed E-state index contributed by atoms with van der Waals surface area (Å²) in [6.45, 7) is 9.89. The molecular weight excluding hydrogens is 527 g/mol. The molecule has 1 amide bonds. The lowest BCUT2D eigenvalue weighted by atomic mass is 10.0. The summed E-state index contributed by atoms with van der Waals surface area (Å²) in [7, 11) is 0. The summed E-state index contributed by atoms with van der Waals surface area (Å²) < 4.78 is 0. The van der Waals surface area contributed by atoms with Crippen molar-refractivity contribution in [1.29, 1.82) is 0 Å². The van der Waals surface area contributed by atoms with Crippen LogP contribution in [0.1, 0.15) is 34.7 Å². The molecule has 7 heteroatoms. The van der Waals surface area contributed by atoms with Crippen molar-refractivity contribution < 1.29 is 4.79 Å². The van der Waals surface area contributed by atoms with Crippen molar-refractivity contribution in [2.45, 2.75) is 44.9 Å². The Morgan fingerprint density at radius 2 is 1.62 bits per heavy atom. The van der Waals surface area contributed by atoms with Crippen molar-refractivity contribution in [2.75, 3.05) is 44.2 Å². The second kappa shape index (κ2) is 11.1. The van der Waals surface area contributed by atoms with Crippen LogP contribution in [-0.4, -0.2) is 72.0 Å². The summed E-state index contributed by atoms with van der Waals surface area (Å²) in [5.41, 5.74) is 6.21. The minimum absolute atomic E-state index is 0.0625. The van der Waals surface area contributed by atoms with E-state index in [2.05, 4.69) is 82.0 Å². The number of rotatable bonds is 6. The number of benzene rings is 3. The maximum Gasteiger partial charge on any atom is 0.237 e. The lowest BCUT2D eigenvalue weighted by molar-refractivity contribution is -0.138. The van der Waals surface area contributed by atoms with Crippen LogP contribution in [0.15, 0.2) is 66.7 Å². The SMILES string of the molecule is Cc1cc(C)cc(CN2CCN(C(=O)CN3CC4CC3CN4c3ccccc3)C(c3ccc(Cl)c(Cl)c3)C2)c1. The average Bonchev–Trinajstić information content (AvgIpc) is 3.51. The Morgan fingerprint density at radius 3 is 2.31 bits per heavy atom. The second-order valence-corrected chi connectivity index (χ2v) is 12.3. The molecule has 3 saturated heterocycles. The standard InChI is InChI=1S/C32H36Cl2N4O/c1-22-12-23(2)14-24(13-22)17-35-10-11-37(31(20-35)25-8-9-29(33)30(34)15-25)32(39)21-36-18-28-16-27(36)19-38(28)26-6-4-3-5-7-26/h3-9,12-15,27-28,31H,10-11,16-21H2,1-2H3. The highest BCUT2D eigenvalue weighted by molar-refractivity contribution is 6.42. The molecule has 39 heavy (non-hydrogen) atoms. The first-order valence-electron chi connectivity index (χ1n) is 13.9. The molecule has 3 aliphatic heterocycles. The van der Waals surface area contributed by atoms with Gasteiger partial charge in [-0.3, -0.25) is 14.6 Å². The van der Waals surface area contributed by atoms with Gasteiger partial charge in [0.25, 0.3) is 0 Å². The molecule has 0 saturated carbocycles. The first-order valence-corrected chi connectivity index (χ1v) is 14.7. The first-order chi connectivity index (χ1) is 18.8. The predicted octanol–water partition coefficient (Wildman–Crippen LogP) is 5.96. The lowest BCUT2D eigenvalue weighted by Gasteiger charge is -2.43. The number of anilines is 1. The van der Waals surface area contributed by atoms with E-state index in [4.69, 9.17) is 23.2 Å². The smallest absolute Gasteiger partial charge is 0.237 e. The van der Waals surface area contributed by atoms with Crippen molar-refractivity contribution in [1.82, 2.24) is 14.7 Å². The van der Waals surface area contributed by atoms with E-state index in [1.165, 1.54) is 22.4 Å². The molecule has 3 aliphatic rings. The molecule has 3 heterocycles. The van der Waals surface area contributed by atoms with Crippen LogP contribution in [-0.2, 0) is 11.3 Å². The van der Waals surface area contributed by atoms with Gasteiger partial charge in [-0.25, -0.2) is 0 Å². The highest BCUT2D eigenvalue weighted by atomic mass is 35.5. The number of fused-ring (bicyclic) bond motifs is 2. The number of amides is 1. The largest absolute Gasteiger partial charge is 0.366 e. The van der Waals surface area contributed by atoms with E-state index in [-0.39, 0.29) is 11.9 Å². The van der Waals surface area contributed by atoms with Crippen molar-refractivity contribution in [2.24, 2.45) is 0 Å². The Kier molecular flexibility index (Phi) is 7.60. The van der Waals surface area contributed by atoms with Crippen LogP contribution in [0.3, 0.4) is 0 Å². The third kappa shape index (κ3) is 5.69. The fourth-order valence-electron chi connectivity index (χ4n) is 6.85. The van der Waals surface area contributed by atoms with E-state index in [9.17, 15) is 4.79 Å². The summed E-state index contributed by atoms with van der Waals surface area (Å²) in [6.07, 6.45) is 1.13. The average molecular weight is 564 g/mol. The van der Waals surface area contributed by atoms with Crippen LogP contribution in [0.2, 0.25) is 10.0 Å². The number of hydrogen-bond acceptors (Lipinski definition) is 4. The molecule has 0 aliphatic carbocycles. The number of likely N-dealkylation sites (tertiary alicyclic amines) is 1.